The Balaban J connectivity index is 2.00. The molecule has 0 bridgehead atoms. The van der Waals surface area contributed by atoms with Gasteiger partial charge < -0.3 is 10.6 Å². The van der Waals surface area contributed by atoms with E-state index in [1.807, 2.05) is 0 Å². The topological polar surface area (TPSA) is 41.1 Å². The van der Waals surface area contributed by atoms with E-state index in [1.165, 1.54) is 0 Å². The summed E-state index contributed by atoms with van der Waals surface area (Å²) >= 11 is 10.8. The number of hydrogen-bond acceptors (Lipinski definition) is 1. The fourth-order valence-electron chi connectivity index (χ4n) is 0.634. The Morgan fingerprint density at radius 1 is 1.55 bits per heavy atom. The molecule has 0 aromatic heterocycles. The van der Waals surface area contributed by atoms with Gasteiger partial charge in [-0.2, -0.15) is 0 Å². The first-order valence-corrected chi connectivity index (χ1v) is 4.38. The van der Waals surface area contributed by atoms with E-state index >= 15 is 0 Å². The van der Waals surface area contributed by atoms with Crippen LogP contribution in [0.4, 0.5) is 4.79 Å². The Kier molecular flexibility index (Phi) is 3.27. The van der Waals surface area contributed by atoms with Crippen LogP contribution in [0, 0.1) is 0 Å². The maximum atomic E-state index is 10.9. The summed E-state index contributed by atoms with van der Waals surface area (Å²) in [6, 6.07) is 0.193. The molecule has 2 N–H and O–H groups in total. The van der Waals surface area contributed by atoms with E-state index in [0.29, 0.717) is 12.6 Å². The minimum absolute atomic E-state index is 0.182. The maximum Gasteiger partial charge on any atom is 0.315 e. The number of rotatable bonds is 3. The van der Waals surface area contributed by atoms with Gasteiger partial charge in [0.25, 0.3) is 0 Å². The summed E-state index contributed by atoms with van der Waals surface area (Å²) in [6.45, 7) is 0.293. The van der Waals surface area contributed by atoms with Gasteiger partial charge in [0.05, 0.1) is 0 Å². The molecule has 0 heterocycles. The van der Waals surface area contributed by atoms with E-state index in [1.54, 1.807) is 0 Å². The van der Waals surface area contributed by atoms with Crippen LogP contribution < -0.4 is 10.6 Å². The third-order valence-corrected chi connectivity index (χ3v) is 1.64. The molecule has 1 fully saturated rings. The zero-order valence-electron chi connectivity index (χ0n) is 5.94. The second-order valence-corrected chi connectivity index (χ2v) is 3.80. The molecule has 64 valence electrons. The Morgan fingerprint density at radius 3 is 2.64 bits per heavy atom. The van der Waals surface area contributed by atoms with Crippen LogP contribution in [0.1, 0.15) is 12.8 Å². The molecule has 0 radical (unpaired) electrons. The van der Waals surface area contributed by atoms with Crippen LogP contribution in [-0.4, -0.2) is 23.5 Å². The molecular formula is C6H10Cl2N2O. The van der Waals surface area contributed by atoms with Gasteiger partial charge >= 0.3 is 6.03 Å². The first-order valence-electron chi connectivity index (χ1n) is 3.51. The Morgan fingerprint density at radius 2 is 2.18 bits per heavy atom. The van der Waals surface area contributed by atoms with Crippen molar-refractivity contribution < 1.29 is 4.79 Å². The lowest BCUT2D eigenvalue weighted by atomic mass is 10.6. The zero-order valence-corrected chi connectivity index (χ0v) is 7.45. The van der Waals surface area contributed by atoms with E-state index in [4.69, 9.17) is 23.2 Å². The molecule has 0 aromatic carbocycles. The maximum absolute atomic E-state index is 10.9. The summed E-state index contributed by atoms with van der Waals surface area (Å²) in [5.74, 6) is 0. The summed E-state index contributed by atoms with van der Waals surface area (Å²) < 4.78 is 0. The molecule has 0 saturated heterocycles. The number of halogens is 2. The molecule has 0 atom stereocenters. The van der Waals surface area contributed by atoms with Gasteiger partial charge in [0.1, 0.15) is 4.84 Å². The van der Waals surface area contributed by atoms with Crippen LogP contribution in [0.2, 0.25) is 0 Å². The lowest BCUT2D eigenvalue weighted by Gasteiger charge is -2.05. The second kappa shape index (κ2) is 4.02. The smallest absolute Gasteiger partial charge is 0.315 e. The van der Waals surface area contributed by atoms with Crippen molar-refractivity contribution in [2.24, 2.45) is 0 Å². The summed E-state index contributed by atoms with van der Waals surface area (Å²) in [5.41, 5.74) is 0. The zero-order chi connectivity index (χ0) is 8.27. The second-order valence-electron chi connectivity index (χ2n) is 2.52. The van der Waals surface area contributed by atoms with Gasteiger partial charge in [-0.3, -0.25) is 0 Å². The highest BCUT2D eigenvalue weighted by atomic mass is 35.5. The van der Waals surface area contributed by atoms with Crippen molar-refractivity contribution in [2.45, 2.75) is 23.7 Å². The van der Waals surface area contributed by atoms with Gasteiger partial charge in [-0.05, 0) is 12.8 Å². The number of nitrogens with one attached hydrogen (secondary N) is 2. The van der Waals surface area contributed by atoms with Crippen LogP contribution in [0.15, 0.2) is 0 Å². The molecule has 1 aliphatic carbocycles. The number of carbonyl (C=O) groups is 1. The van der Waals surface area contributed by atoms with Gasteiger partial charge in [-0.15, -0.1) is 23.2 Å². The standard InChI is InChI=1S/C6H10Cl2N2O/c7-5(8)3-9-6(11)10-4-1-2-4/h4-5H,1-3H2,(H2,9,10,11). The lowest BCUT2D eigenvalue weighted by Crippen LogP contribution is -2.38. The summed E-state index contributed by atoms with van der Waals surface area (Å²) in [6.07, 6.45) is 2.16. The summed E-state index contributed by atoms with van der Waals surface area (Å²) in [7, 11) is 0. The van der Waals surface area contributed by atoms with Crippen LogP contribution in [0.3, 0.4) is 0 Å². The van der Waals surface area contributed by atoms with E-state index in [-0.39, 0.29) is 6.03 Å². The highest BCUT2D eigenvalue weighted by Crippen LogP contribution is 2.18. The summed E-state index contributed by atoms with van der Waals surface area (Å²) in [5, 5.41) is 5.28. The molecule has 3 nitrogen and oxygen atoms in total. The highest BCUT2D eigenvalue weighted by molar-refractivity contribution is 6.44. The molecule has 11 heavy (non-hydrogen) atoms. The number of urea groups is 1. The number of carbonyl (C=O) groups excluding carboxylic acids is 1. The monoisotopic (exact) mass is 196 g/mol. The average Bonchev–Trinajstić information content (AvgIpc) is 2.67. The number of alkyl halides is 2. The molecule has 1 saturated carbocycles. The molecule has 0 unspecified atom stereocenters. The highest BCUT2D eigenvalue weighted by Gasteiger charge is 2.22. The molecule has 0 spiro atoms. The molecule has 2 amide bonds. The molecule has 1 rings (SSSR count). The first kappa shape index (κ1) is 8.94. The van der Waals surface area contributed by atoms with E-state index in [9.17, 15) is 4.79 Å². The van der Waals surface area contributed by atoms with Gasteiger partial charge in [0, 0.05) is 12.6 Å². The molecular weight excluding hydrogens is 187 g/mol. The van der Waals surface area contributed by atoms with Crippen LogP contribution in [0.25, 0.3) is 0 Å². The molecule has 0 aromatic rings. The predicted octanol–water partition coefficient (Wildman–Crippen LogP) is 1.25. The first-order chi connectivity index (χ1) is 5.18. The molecule has 1 aliphatic rings. The van der Waals surface area contributed by atoms with Crippen molar-refractivity contribution in [3.05, 3.63) is 0 Å². The minimum atomic E-state index is -0.528. The normalized spacial score (nSPS) is 16.6. The quantitative estimate of drug-likeness (QED) is 0.657. The van der Waals surface area contributed by atoms with Crippen molar-refractivity contribution in [3.63, 3.8) is 0 Å². The molecule has 5 heteroatoms. The van der Waals surface area contributed by atoms with Crippen LogP contribution in [0.5, 0.6) is 0 Å². The van der Waals surface area contributed by atoms with Gasteiger partial charge in [-0.1, -0.05) is 0 Å². The van der Waals surface area contributed by atoms with Crippen LogP contribution >= 0.6 is 23.2 Å². The van der Waals surface area contributed by atoms with Crippen molar-refractivity contribution in [2.75, 3.05) is 6.54 Å². The van der Waals surface area contributed by atoms with Crippen molar-refractivity contribution in [1.82, 2.24) is 10.6 Å². The largest absolute Gasteiger partial charge is 0.335 e. The number of hydrogen-bond donors (Lipinski definition) is 2. The minimum Gasteiger partial charge on any atom is -0.335 e. The Labute approximate surface area is 75.4 Å². The average molecular weight is 197 g/mol. The van der Waals surface area contributed by atoms with E-state index in [2.05, 4.69) is 10.6 Å². The third kappa shape index (κ3) is 4.32. The van der Waals surface area contributed by atoms with Gasteiger partial charge in [0.2, 0.25) is 0 Å². The van der Waals surface area contributed by atoms with Crippen molar-refractivity contribution in [3.8, 4) is 0 Å². The fourth-order valence-corrected chi connectivity index (χ4v) is 0.788. The predicted molar refractivity (Wildman–Crippen MR) is 45.1 cm³/mol. The third-order valence-electron chi connectivity index (χ3n) is 1.33. The van der Waals surface area contributed by atoms with Crippen LogP contribution in [-0.2, 0) is 0 Å². The summed E-state index contributed by atoms with van der Waals surface area (Å²) in [4.78, 5) is 10.3. The van der Waals surface area contributed by atoms with E-state index < -0.39 is 4.84 Å². The van der Waals surface area contributed by atoms with Crippen molar-refractivity contribution >= 4 is 29.2 Å². The Bertz CT molecular complexity index is 148. The van der Waals surface area contributed by atoms with Gasteiger partial charge in [-0.25, -0.2) is 4.79 Å². The van der Waals surface area contributed by atoms with Crippen molar-refractivity contribution in [1.29, 1.82) is 0 Å². The Hall–Kier alpha value is -0.150. The number of amides is 2. The molecule has 0 aliphatic heterocycles. The van der Waals surface area contributed by atoms with Gasteiger partial charge in [0.15, 0.2) is 0 Å². The van der Waals surface area contributed by atoms with E-state index in [0.717, 1.165) is 12.8 Å². The lowest BCUT2D eigenvalue weighted by molar-refractivity contribution is 0.241. The SMILES string of the molecule is O=C(NCC(Cl)Cl)NC1CC1. The fraction of sp³-hybridized carbons (Fsp3) is 0.833.